The van der Waals surface area contributed by atoms with Crippen molar-refractivity contribution in [2.24, 2.45) is 5.92 Å². The number of nitrogens with zero attached hydrogens (tertiary/aromatic N) is 3. The smallest absolute Gasteiger partial charge is 0.166 e. The monoisotopic (exact) mass is 415 g/mol. The average Bonchev–Trinajstić information content (AvgIpc) is 2.66. The van der Waals surface area contributed by atoms with Crippen LogP contribution in [0.1, 0.15) is 26.2 Å². The van der Waals surface area contributed by atoms with E-state index in [9.17, 15) is 9.18 Å². The number of benzene rings is 1. The van der Waals surface area contributed by atoms with E-state index in [1.165, 1.54) is 19.3 Å². The summed E-state index contributed by atoms with van der Waals surface area (Å²) >= 11 is 11.8. The Morgan fingerprint density at radius 3 is 2.37 bits per heavy atom. The lowest BCUT2D eigenvalue weighted by Crippen LogP contribution is -2.47. The van der Waals surface area contributed by atoms with Crippen molar-refractivity contribution in [1.29, 1.82) is 0 Å². The van der Waals surface area contributed by atoms with Crippen molar-refractivity contribution >= 4 is 34.7 Å². The molecule has 4 nitrogen and oxygen atoms in total. The normalized spacial score (nSPS) is 20.2. The van der Waals surface area contributed by atoms with E-state index in [2.05, 4.69) is 9.80 Å². The van der Waals surface area contributed by atoms with Crippen molar-refractivity contribution in [3.05, 3.63) is 28.0 Å². The van der Waals surface area contributed by atoms with E-state index in [-0.39, 0.29) is 15.8 Å². The van der Waals surface area contributed by atoms with E-state index in [1.807, 2.05) is 4.90 Å². The molecule has 2 heterocycles. The molecule has 0 bridgehead atoms. The first-order valence-electron chi connectivity index (χ1n) is 9.76. The van der Waals surface area contributed by atoms with Gasteiger partial charge in [0, 0.05) is 26.2 Å². The molecule has 1 aromatic carbocycles. The van der Waals surface area contributed by atoms with Gasteiger partial charge < -0.3 is 4.90 Å². The fourth-order valence-corrected chi connectivity index (χ4v) is 4.39. The maximum absolute atomic E-state index is 14.3. The van der Waals surface area contributed by atoms with Gasteiger partial charge in [-0.3, -0.25) is 14.6 Å². The Labute approximate surface area is 171 Å². The third-order valence-corrected chi connectivity index (χ3v) is 6.52. The zero-order valence-corrected chi connectivity index (χ0v) is 17.4. The van der Waals surface area contributed by atoms with Crippen LogP contribution < -0.4 is 4.90 Å². The Morgan fingerprint density at radius 2 is 1.74 bits per heavy atom. The minimum Gasteiger partial charge on any atom is -0.367 e. The van der Waals surface area contributed by atoms with Gasteiger partial charge in [0.1, 0.15) is 5.78 Å². The fraction of sp³-hybridized carbons (Fsp3) is 0.650. The van der Waals surface area contributed by atoms with Crippen LogP contribution >= 0.6 is 23.2 Å². The van der Waals surface area contributed by atoms with Gasteiger partial charge in [0.05, 0.1) is 22.3 Å². The Hall–Kier alpha value is -0.880. The number of hydrogen-bond acceptors (Lipinski definition) is 4. The zero-order chi connectivity index (χ0) is 19.4. The van der Waals surface area contributed by atoms with E-state index < -0.39 is 5.82 Å². The van der Waals surface area contributed by atoms with E-state index in [0.717, 1.165) is 51.7 Å². The number of hydrogen-bond donors (Lipinski definition) is 0. The van der Waals surface area contributed by atoms with Crippen molar-refractivity contribution < 1.29 is 9.18 Å². The highest BCUT2D eigenvalue weighted by molar-refractivity contribution is 6.42. The van der Waals surface area contributed by atoms with Gasteiger partial charge in [-0.2, -0.15) is 0 Å². The number of piperidine rings is 1. The summed E-state index contributed by atoms with van der Waals surface area (Å²) in [5.41, 5.74) is 0.543. The second-order valence-corrected chi connectivity index (χ2v) is 8.52. The molecule has 0 spiro atoms. The molecule has 2 fully saturated rings. The second-order valence-electron chi connectivity index (χ2n) is 7.73. The molecular formula is C20H28Cl2FN3O. The number of Topliss-reactive ketones (excluding diaryl/α,β-unsaturated/α-hetero) is 1. The lowest BCUT2D eigenvalue weighted by atomic mass is 9.93. The highest BCUT2D eigenvalue weighted by Gasteiger charge is 2.24. The number of likely N-dealkylation sites (tertiary alicyclic amines) is 1. The molecule has 2 saturated heterocycles. The molecule has 7 heteroatoms. The molecule has 3 rings (SSSR count). The first kappa shape index (κ1) is 20.8. The predicted octanol–water partition coefficient (Wildman–Crippen LogP) is 3.95. The van der Waals surface area contributed by atoms with Crippen molar-refractivity contribution in [1.82, 2.24) is 9.80 Å². The van der Waals surface area contributed by atoms with Crippen LogP contribution in [0.5, 0.6) is 0 Å². The van der Waals surface area contributed by atoms with E-state index in [1.54, 1.807) is 19.1 Å². The Morgan fingerprint density at radius 1 is 1.07 bits per heavy atom. The number of halogens is 3. The highest BCUT2D eigenvalue weighted by atomic mass is 35.5. The predicted molar refractivity (Wildman–Crippen MR) is 110 cm³/mol. The number of rotatable bonds is 6. The summed E-state index contributed by atoms with van der Waals surface area (Å²) in [4.78, 5) is 18.0. The summed E-state index contributed by atoms with van der Waals surface area (Å²) in [7, 11) is 0. The van der Waals surface area contributed by atoms with Crippen LogP contribution in [-0.4, -0.2) is 67.9 Å². The quantitative estimate of drug-likeness (QED) is 0.657. The molecule has 0 aromatic heterocycles. The van der Waals surface area contributed by atoms with Crippen molar-refractivity contribution in [2.45, 2.75) is 26.2 Å². The molecule has 0 amide bonds. The maximum atomic E-state index is 14.3. The number of carbonyl (C=O) groups excluding carboxylic acids is 1. The Balaban J connectivity index is 1.40. The zero-order valence-electron chi connectivity index (χ0n) is 15.9. The molecule has 1 aromatic rings. The molecule has 0 saturated carbocycles. The Kier molecular flexibility index (Phi) is 7.37. The lowest BCUT2D eigenvalue weighted by Gasteiger charge is -2.37. The standard InChI is InChI=1S/C20H28Cl2FN3O/c1-15(27)14-25-8-5-16(6-9-25)4-7-24-10-12-26(13-11-24)18-3-2-17(21)19(22)20(18)23/h2-3,16H,4-14H2,1H3. The van der Waals surface area contributed by atoms with Crippen molar-refractivity contribution in [3.8, 4) is 0 Å². The number of carbonyl (C=O) groups is 1. The minimum absolute atomic E-state index is 0.00714. The third kappa shape index (κ3) is 5.57. The van der Waals surface area contributed by atoms with E-state index in [4.69, 9.17) is 23.2 Å². The number of anilines is 1. The van der Waals surface area contributed by atoms with Crippen LogP contribution in [-0.2, 0) is 4.79 Å². The van der Waals surface area contributed by atoms with Crippen LogP contribution in [0.25, 0.3) is 0 Å². The molecule has 0 radical (unpaired) electrons. The minimum atomic E-state index is -0.421. The number of piperazine rings is 1. The van der Waals surface area contributed by atoms with Crippen molar-refractivity contribution in [3.63, 3.8) is 0 Å². The number of ketones is 1. The SMILES string of the molecule is CC(=O)CN1CCC(CCN2CCN(c3ccc(Cl)c(Cl)c3F)CC2)CC1. The molecule has 2 aliphatic heterocycles. The molecule has 0 atom stereocenters. The topological polar surface area (TPSA) is 26.8 Å². The van der Waals surface area contributed by atoms with Gasteiger partial charge in [-0.15, -0.1) is 0 Å². The lowest BCUT2D eigenvalue weighted by molar-refractivity contribution is -0.118. The molecule has 2 aliphatic rings. The molecular weight excluding hydrogens is 388 g/mol. The third-order valence-electron chi connectivity index (χ3n) is 5.73. The van der Waals surface area contributed by atoms with Gasteiger partial charge in [0.15, 0.2) is 5.82 Å². The van der Waals surface area contributed by atoms with Gasteiger partial charge in [0.2, 0.25) is 0 Å². The van der Waals surface area contributed by atoms with Crippen LogP contribution in [0.15, 0.2) is 12.1 Å². The van der Waals surface area contributed by atoms with Gasteiger partial charge in [-0.05, 0) is 63.9 Å². The second kappa shape index (κ2) is 9.55. The summed E-state index contributed by atoms with van der Waals surface area (Å²) in [5, 5.41) is 0.263. The summed E-state index contributed by atoms with van der Waals surface area (Å²) in [6, 6.07) is 3.38. The molecule has 0 aliphatic carbocycles. The summed E-state index contributed by atoms with van der Waals surface area (Å²) in [6.07, 6.45) is 3.57. The van der Waals surface area contributed by atoms with Crippen LogP contribution in [0.3, 0.4) is 0 Å². The maximum Gasteiger partial charge on any atom is 0.166 e. The van der Waals surface area contributed by atoms with Gasteiger partial charge >= 0.3 is 0 Å². The molecule has 0 unspecified atom stereocenters. The van der Waals surface area contributed by atoms with Crippen LogP contribution in [0.4, 0.5) is 10.1 Å². The first-order chi connectivity index (χ1) is 12.9. The Bertz CT molecular complexity index is 657. The summed E-state index contributed by atoms with van der Waals surface area (Å²) < 4.78 is 14.3. The van der Waals surface area contributed by atoms with E-state index in [0.29, 0.717) is 12.2 Å². The van der Waals surface area contributed by atoms with Gasteiger partial charge in [-0.1, -0.05) is 23.2 Å². The largest absolute Gasteiger partial charge is 0.367 e. The first-order valence-corrected chi connectivity index (χ1v) is 10.5. The molecule has 27 heavy (non-hydrogen) atoms. The summed E-state index contributed by atoms with van der Waals surface area (Å²) in [6.45, 7) is 8.89. The average molecular weight is 416 g/mol. The van der Waals surface area contributed by atoms with Gasteiger partial charge in [-0.25, -0.2) is 4.39 Å². The molecule has 0 N–H and O–H groups in total. The van der Waals surface area contributed by atoms with Crippen molar-refractivity contribution in [2.75, 3.05) is 57.3 Å². The van der Waals surface area contributed by atoms with E-state index >= 15 is 0 Å². The highest BCUT2D eigenvalue weighted by Crippen LogP contribution is 2.32. The van der Waals surface area contributed by atoms with Crippen LogP contribution in [0.2, 0.25) is 10.0 Å². The van der Waals surface area contributed by atoms with Gasteiger partial charge in [0.25, 0.3) is 0 Å². The molecule has 150 valence electrons. The fourth-order valence-electron chi connectivity index (χ4n) is 4.09. The summed E-state index contributed by atoms with van der Waals surface area (Å²) in [5.74, 6) is 0.582. The van der Waals surface area contributed by atoms with Crippen LogP contribution in [0, 0.1) is 11.7 Å².